The van der Waals surface area contributed by atoms with Crippen LogP contribution in [0.15, 0.2) is 12.2 Å². The molecule has 0 aliphatic heterocycles. The number of unbranched alkanes of at least 4 members (excludes halogenated alkanes) is 24. The van der Waals surface area contributed by atoms with Gasteiger partial charge in [0.1, 0.15) is 0 Å². The maximum atomic E-state index is 11.9. The van der Waals surface area contributed by atoms with E-state index in [0.29, 0.717) is 13.0 Å². The lowest BCUT2D eigenvalue weighted by atomic mass is 10.0. The first-order valence-corrected chi connectivity index (χ1v) is 16.6. The highest BCUT2D eigenvalue weighted by atomic mass is 16.5. The molecule has 0 saturated heterocycles. The van der Waals surface area contributed by atoms with E-state index < -0.39 is 0 Å². The third-order valence-electron chi connectivity index (χ3n) is 7.40. The topological polar surface area (TPSA) is 26.3 Å². The van der Waals surface area contributed by atoms with Crippen molar-refractivity contribution in [2.75, 3.05) is 6.61 Å². The van der Waals surface area contributed by atoms with Gasteiger partial charge in [-0.1, -0.05) is 161 Å². The van der Waals surface area contributed by atoms with E-state index in [1.807, 2.05) is 0 Å². The smallest absolute Gasteiger partial charge is 0.305 e. The summed E-state index contributed by atoms with van der Waals surface area (Å²) in [6, 6.07) is 0. The summed E-state index contributed by atoms with van der Waals surface area (Å²) in [5.74, 6) is 0.00312. The molecule has 0 aliphatic carbocycles. The van der Waals surface area contributed by atoms with Crippen molar-refractivity contribution in [2.45, 2.75) is 194 Å². The van der Waals surface area contributed by atoms with E-state index in [1.165, 1.54) is 148 Å². The van der Waals surface area contributed by atoms with Crippen molar-refractivity contribution in [3.63, 3.8) is 0 Å². The van der Waals surface area contributed by atoms with Crippen LogP contribution < -0.4 is 0 Å². The second kappa shape index (κ2) is 32.2. The third-order valence-corrected chi connectivity index (χ3v) is 7.40. The molecule has 0 aromatic heterocycles. The van der Waals surface area contributed by atoms with Crippen LogP contribution in [-0.2, 0) is 9.53 Å². The molecule has 0 aromatic carbocycles. The van der Waals surface area contributed by atoms with Crippen LogP contribution in [0, 0.1) is 0 Å². The van der Waals surface area contributed by atoms with Crippen LogP contribution in [0.1, 0.15) is 194 Å². The van der Waals surface area contributed by atoms with Gasteiger partial charge in [0, 0.05) is 6.42 Å². The van der Waals surface area contributed by atoms with Gasteiger partial charge in [0.2, 0.25) is 0 Å². The number of allylic oxidation sites excluding steroid dienone is 2. The van der Waals surface area contributed by atoms with Gasteiger partial charge in [0.15, 0.2) is 0 Å². The highest BCUT2D eigenvalue weighted by Crippen LogP contribution is 2.14. The van der Waals surface area contributed by atoms with Crippen molar-refractivity contribution in [1.82, 2.24) is 0 Å². The predicted molar refractivity (Wildman–Crippen MR) is 161 cm³/mol. The Hall–Kier alpha value is -0.790. The van der Waals surface area contributed by atoms with E-state index in [1.54, 1.807) is 0 Å². The van der Waals surface area contributed by atoms with E-state index in [0.717, 1.165) is 25.7 Å². The van der Waals surface area contributed by atoms with E-state index in [4.69, 9.17) is 4.74 Å². The first-order chi connectivity index (χ1) is 17.8. The van der Waals surface area contributed by atoms with Crippen LogP contribution in [0.4, 0.5) is 0 Å². The first kappa shape index (κ1) is 35.2. The Labute approximate surface area is 227 Å². The number of ether oxygens (including phenoxy) is 1. The standard InChI is InChI=1S/C34H66O2/c1-3-5-7-9-11-13-15-17-19-20-22-24-26-28-30-32-34(35)36-33-31-29-27-25-23-21-18-16-14-12-10-8-6-4-2/h22,24H,3-21,23,25-33H2,1-2H3. The molecule has 0 unspecified atom stereocenters. The number of hydrogen-bond donors (Lipinski definition) is 0. The summed E-state index contributed by atoms with van der Waals surface area (Å²) in [5, 5.41) is 0. The monoisotopic (exact) mass is 507 g/mol. The number of carbonyl (C=O) groups excluding carboxylic acids is 1. The predicted octanol–water partition coefficient (Wildman–Crippen LogP) is 12.0. The van der Waals surface area contributed by atoms with Gasteiger partial charge in [0.05, 0.1) is 6.61 Å². The zero-order chi connectivity index (χ0) is 26.2. The molecule has 0 heterocycles. The number of carbonyl (C=O) groups is 1. The van der Waals surface area contributed by atoms with Crippen LogP contribution in [0.3, 0.4) is 0 Å². The molecule has 2 nitrogen and oxygen atoms in total. The maximum absolute atomic E-state index is 11.9. The molecule has 0 bridgehead atoms. The molecule has 0 radical (unpaired) electrons. The Balaban J connectivity index is 3.20. The molecule has 0 amide bonds. The molecule has 0 N–H and O–H groups in total. The molecule has 0 saturated carbocycles. The molecule has 36 heavy (non-hydrogen) atoms. The Kier molecular flexibility index (Phi) is 31.5. The average molecular weight is 507 g/mol. The molecular weight excluding hydrogens is 440 g/mol. The summed E-state index contributed by atoms with van der Waals surface area (Å²) in [4.78, 5) is 11.9. The third kappa shape index (κ3) is 31.2. The molecule has 0 fully saturated rings. The van der Waals surface area contributed by atoms with E-state index in [9.17, 15) is 4.79 Å². The van der Waals surface area contributed by atoms with Crippen molar-refractivity contribution in [3.8, 4) is 0 Å². The summed E-state index contributed by atoms with van der Waals surface area (Å²) >= 11 is 0. The second-order valence-corrected chi connectivity index (χ2v) is 11.2. The van der Waals surface area contributed by atoms with Gasteiger partial charge in [-0.05, 0) is 38.5 Å². The minimum atomic E-state index is 0.00312. The second-order valence-electron chi connectivity index (χ2n) is 11.2. The SMILES string of the molecule is CCCCCCCCCCCC=CCCCCC(=O)OCCCCCCCCCCCCCCCC. The van der Waals surface area contributed by atoms with Crippen molar-refractivity contribution in [1.29, 1.82) is 0 Å². The zero-order valence-corrected chi connectivity index (χ0v) is 25.0. The van der Waals surface area contributed by atoms with Gasteiger partial charge in [-0.3, -0.25) is 4.79 Å². The molecule has 0 aromatic rings. The van der Waals surface area contributed by atoms with Gasteiger partial charge < -0.3 is 4.74 Å². The molecule has 0 atom stereocenters. The quantitative estimate of drug-likeness (QED) is 0.0550. The molecule has 2 heteroatoms. The van der Waals surface area contributed by atoms with E-state index >= 15 is 0 Å². The van der Waals surface area contributed by atoms with Crippen LogP contribution in [0.25, 0.3) is 0 Å². The Morgan fingerprint density at radius 3 is 1.19 bits per heavy atom. The fourth-order valence-corrected chi connectivity index (χ4v) is 4.89. The largest absolute Gasteiger partial charge is 0.466 e. The van der Waals surface area contributed by atoms with Crippen molar-refractivity contribution in [2.24, 2.45) is 0 Å². The van der Waals surface area contributed by atoms with Crippen LogP contribution >= 0.6 is 0 Å². The lowest BCUT2D eigenvalue weighted by molar-refractivity contribution is -0.143. The van der Waals surface area contributed by atoms with Gasteiger partial charge in [-0.25, -0.2) is 0 Å². The summed E-state index contributed by atoms with van der Waals surface area (Å²) in [5.41, 5.74) is 0. The normalized spacial score (nSPS) is 11.5. The Morgan fingerprint density at radius 2 is 0.778 bits per heavy atom. The number of hydrogen-bond acceptors (Lipinski definition) is 2. The van der Waals surface area contributed by atoms with Crippen molar-refractivity contribution < 1.29 is 9.53 Å². The van der Waals surface area contributed by atoms with Gasteiger partial charge in [0.25, 0.3) is 0 Å². The van der Waals surface area contributed by atoms with Crippen molar-refractivity contribution in [3.05, 3.63) is 12.2 Å². The van der Waals surface area contributed by atoms with Crippen LogP contribution in [0.2, 0.25) is 0 Å². The molecule has 0 rings (SSSR count). The molecule has 0 aliphatic rings. The summed E-state index contributed by atoms with van der Waals surface area (Å²) in [6.45, 7) is 5.19. The fraction of sp³-hybridized carbons (Fsp3) is 0.912. The summed E-state index contributed by atoms with van der Waals surface area (Å²) < 4.78 is 5.41. The molecular formula is C34H66O2. The molecule has 214 valence electrons. The fourth-order valence-electron chi connectivity index (χ4n) is 4.89. The van der Waals surface area contributed by atoms with E-state index in [2.05, 4.69) is 26.0 Å². The van der Waals surface area contributed by atoms with Gasteiger partial charge >= 0.3 is 5.97 Å². The van der Waals surface area contributed by atoms with Gasteiger partial charge in [-0.15, -0.1) is 0 Å². The Morgan fingerprint density at radius 1 is 0.444 bits per heavy atom. The minimum absolute atomic E-state index is 0.00312. The van der Waals surface area contributed by atoms with Gasteiger partial charge in [-0.2, -0.15) is 0 Å². The lowest BCUT2D eigenvalue weighted by Crippen LogP contribution is -2.05. The molecule has 0 spiro atoms. The van der Waals surface area contributed by atoms with Crippen LogP contribution in [-0.4, -0.2) is 12.6 Å². The minimum Gasteiger partial charge on any atom is -0.466 e. The average Bonchev–Trinajstić information content (AvgIpc) is 2.88. The lowest BCUT2D eigenvalue weighted by Gasteiger charge is -2.05. The van der Waals surface area contributed by atoms with Crippen molar-refractivity contribution >= 4 is 5.97 Å². The zero-order valence-electron chi connectivity index (χ0n) is 25.0. The number of rotatable bonds is 30. The maximum Gasteiger partial charge on any atom is 0.305 e. The number of esters is 1. The highest BCUT2D eigenvalue weighted by molar-refractivity contribution is 5.69. The first-order valence-electron chi connectivity index (χ1n) is 16.6. The van der Waals surface area contributed by atoms with Crippen LogP contribution in [0.5, 0.6) is 0 Å². The highest BCUT2D eigenvalue weighted by Gasteiger charge is 2.02. The summed E-state index contributed by atoms with van der Waals surface area (Å²) in [7, 11) is 0. The Bertz CT molecular complexity index is 442. The van der Waals surface area contributed by atoms with E-state index in [-0.39, 0.29) is 5.97 Å². The summed E-state index contributed by atoms with van der Waals surface area (Å²) in [6.07, 6.45) is 41.2.